The normalized spacial score (nSPS) is 26.4. The van der Waals surface area contributed by atoms with Crippen LogP contribution >= 0.6 is 0 Å². The number of hydrogen-bond acceptors (Lipinski definition) is 4. The zero-order valence-electron chi connectivity index (χ0n) is 15.2. The molecule has 1 aromatic rings. The number of benzene rings is 1. The Morgan fingerprint density at radius 1 is 1.16 bits per heavy atom. The number of nitrogens with zero attached hydrogens (tertiary/aromatic N) is 1. The lowest BCUT2D eigenvalue weighted by Gasteiger charge is -2.30. The average Bonchev–Trinajstić information content (AvgIpc) is 3.32. The molecular weight excluding hydrogens is 312 g/mol. The van der Waals surface area contributed by atoms with E-state index in [1.54, 1.807) is 0 Å². The zero-order valence-corrected chi connectivity index (χ0v) is 15.2. The third kappa shape index (κ3) is 3.67. The molecule has 1 atom stereocenters. The van der Waals surface area contributed by atoms with Gasteiger partial charge in [-0.25, -0.2) is 0 Å². The van der Waals surface area contributed by atoms with E-state index in [2.05, 4.69) is 34.0 Å². The molecule has 1 saturated carbocycles. The molecule has 2 saturated heterocycles. The summed E-state index contributed by atoms with van der Waals surface area (Å²) in [6.45, 7) is 4.37. The summed E-state index contributed by atoms with van der Waals surface area (Å²) in [4.78, 5) is 15.1. The molecule has 136 valence electrons. The minimum atomic E-state index is 0.200. The fourth-order valence-corrected chi connectivity index (χ4v) is 4.51. The van der Waals surface area contributed by atoms with Crippen LogP contribution in [0.3, 0.4) is 0 Å². The molecule has 2 aliphatic heterocycles. The maximum absolute atomic E-state index is 12.8. The molecule has 3 fully saturated rings. The first-order valence-corrected chi connectivity index (χ1v) is 9.72. The number of carbonyl (C=O) groups excluding carboxylic acids is 1. The number of piperidine rings is 2. The summed E-state index contributed by atoms with van der Waals surface area (Å²) in [6, 6.07) is 8.64. The molecule has 0 radical (unpaired) electrons. The lowest BCUT2D eigenvalue weighted by molar-refractivity contribution is -0.118. The number of amides is 1. The Kier molecular flexibility index (Phi) is 4.69. The molecule has 2 heterocycles. The van der Waals surface area contributed by atoms with Gasteiger partial charge in [0.2, 0.25) is 5.91 Å². The maximum Gasteiger partial charge on any atom is 0.228 e. The predicted octanol–water partition coefficient (Wildman–Crippen LogP) is 2.52. The van der Waals surface area contributed by atoms with Crippen LogP contribution in [0.15, 0.2) is 24.3 Å². The second-order valence-corrected chi connectivity index (χ2v) is 8.13. The van der Waals surface area contributed by atoms with Crippen LogP contribution in [0.5, 0.6) is 0 Å². The molecule has 1 unspecified atom stereocenters. The van der Waals surface area contributed by atoms with Gasteiger partial charge in [-0.3, -0.25) is 4.79 Å². The van der Waals surface area contributed by atoms with Crippen molar-refractivity contribution in [3.05, 3.63) is 24.3 Å². The van der Waals surface area contributed by atoms with Crippen molar-refractivity contribution in [1.82, 2.24) is 10.2 Å². The van der Waals surface area contributed by atoms with Gasteiger partial charge in [0, 0.05) is 12.0 Å². The van der Waals surface area contributed by atoms with Crippen molar-refractivity contribution in [1.29, 1.82) is 0 Å². The molecular formula is C20H30N4O. The van der Waals surface area contributed by atoms with Gasteiger partial charge in [0.15, 0.2) is 0 Å². The van der Waals surface area contributed by atoms with E-state index in [-0.39, 0.29) is 17.2 Å². The number of rotatable bonds is 4. The Bertz CT molecular complexity index is 618. The Hall–Kier alpha value is -1.59. The Labute approximate surface area is 150 Å². The first-order chi connectivity index (χ1) is 12.2. The van der Waals surface area contributed by atoms with Gasteiger partial charge in [0.05, 0.1) is 11.4 Å². The van der Waals surface area contributed by atoms with Crippen molar-refractivity contribution < 1.29 is 4.79 Å². The van der Waals surface area contributed by atoms with Crippen molar-refractivity contribution in [3.8, 4) is 0 Å². The first-order valence-electron chi connectivity index (χ1n) is 9.72. The average molecular weight is 342 g/mol. The number of nitrogens with one attached hydrogen (secondary N) is 3. The number of para-hydroxylation sites is 2. The van der Waals surface area contributed by atoms with Crippen molar-refractivity contribution in [3.63, 3.8) is 0 Å². The molecule has 4 rings (SSSR count). The third-order valence-corrected chi connectivity index (χ3v) is 6.37. The maximum atomic E-state index is 12.8. The predicted molar refractivity (Wildman–Crippen MR) is 102 cm³/mol. The highest BCUT2D eigenvalue weighted by Gasteiger charge is 2.57. The molecule has 1 spiro atoms. The SMILES string of the molecule is CN1CCC(Nc2ccccc2NC(=O)C2CC23CCNCC3)CC1. The minimum absolute atomic E-state index is 0.200. The van der Waals surface area contributed by atoms with Crippen LogP contribution < -0.4 is 16.0 Å². The summed E-state index contributed by atoms with van der Waals surface area (Å²) in [5.41, 5.74) is 2.28. The van der Waals surface area contributed by atoms with Crippen LogP contribution in [0.25, 0.3) is 0 Å². The summed E-state index contributed by atoms with van der Waals surface area (Å²) in [7, 11) is 2.18. The van der Waals surface area contributed by atoms with Crippen molar-refractivity contribution in [2.24, 2.45) is 11.3 Å². The fourth-order valence-electron chi connectivity index (χ4n) is 4.51. The highest BCUT2D eigenvalue weighted by molar-refractivity contribution is 5.97. The van der Waals surface area contributed by atoms with Crippen molar-refractivity contribution in [2.45, 2.75) is 38.1 Å². The van der Waals surface area contributed by atoms with Gasteiger partial charge in [-0.05, 0) is 82.9 Å². The van der Waals surface area contributed by atoms with Gasteiger partial charge < -0.3 is 20.9 Å². The van der Waals surface area contributed by atoms with Gasteiger partial charge in [-0.2, -0.15) is 0 Å². The third-order valence-electron chi connectivity index (χ3n) is 6.37. The van der Waals surface area contributed by atoms with Crippen LogP contribution in [0.4, 0.5) is 11.4 Å². The van der Waals surface area contributed by atoms with Gasteiger partial charge in [-0.1, -0.05) is 12.1 Å². The lowest BCUT2D eigenvalue weighted by atomic mass is 9.92. The van der Waals surface area contributed by atoms with E-state index >= 15 is 0 Å². The van der Waals surface area contributed by atoms with Crippen LogP contribution in [0.1, 0.15) is 32.1 Å². The largest absolute Gasteiger partial charge is 0.381 e. The highest BCUT2D eigenvalue weighted by Crippen LogP contribution is 2.58. The molecule has 3 N–H and O–H groups in total. The van der Waals surface area contributed by atoms with Gasteiger partial charge in [-0.15, -0.1) is 0 Å². The fraction of sp³-hybridized carbons (Fsp3) is 0.650. The smallest absolute Gasteiger partial charge is 0.228 e. The first kappa shape index (κ1) is 16.9. The molecule has 0 aromatic heterocycles. The number of carbonyl (C=O) groups is 1. The van der Waals surface area contributed by atoms with Gasteiger partial charge >= 0.3 is 0 Å². The Morgan fingerprint density at radius 3 is 2.56 bits per heavy atom. The van der Waals surface area contributed by atoms with Crippen LogP contribution in [0, 0.1) is 11.3 Å². The number of likely N-dealkylation sites (tertiary alicyclic amines) is 1. The summed E-state index contributed by atoms with van der Waals surface area (Å²) in [6.07, 6.45) is 5.64. The van der Waals surface area contributed by atoms with Crippen molar-refractivity contribution in [2.75, 3.05) is 43.9 Å². The summed E-state index contributed by atoms with van der Waals surface area (Å²) in [5.74, 6) is 0.408. The second kappa shape index (κ2) is 6.96. The molecule has 25 heavy (non-hydrogen) atoms. The molecule has 0 bridgehead atoms. The van der Waals surface area contributed by atoms with E-state index in [0.717, 1.165) is 69.7 Å². The summed E-state index contributed by atoms with van der Waals surface area (Å²) in [5, 5.41) is 10.3. The summed E-state index contributed by atoms with van der Waals surface area (Å²) < 4.78 is 0. The molecule has 5 heteroatoms. The molecule has 1 aliphatic carbocycles. The lowest BCUT2D eigenvalue weighted by Crippen LogP contribution is -2.37. The van der Waals surface area contributed by atoms with Crippen molar-refractivity contribution >= 4 is 17.3 Å². The van der Waals surface area contributed by atoms with Crippen LogP contribution in [-0.2, 0) is 4.79 Å². The van der Waals surface area contributed by atoms with E-state index in [9.17, 15) is 4.79 Å². The minimum Gasteiger partial charge on any atom is -0.381 e. The molecule has 5 nitrogen and oxygen atoms in total. The zero-order chi connectivity index (χ0) is 17.3. The van der Waals surface area contributed by atoms with E-state index in [1.165, 1.54) is 0 Å². The Morgan fingerprint density at radius 2 is 1.84 bits per heavy atom. The summed E-state index contributed by atoms with van der Waals surface area (Å²) >= 11 is 0. The Balaban J connectivity index is 1.38. The highest BCUT2D eigenvalue weighted by atomic mass is 16.2. The van der Waals surface area contributed by atoms with Crippen LogP contribution in [0.2, 0.25) is 0 Å². The topological polar surface area (TPSA) is 56.4 Å². The quantitative estimate of drug-likeness (QED) is 0.787. The van der Waals surface area contributed by atoms with E-state index < -0.39 is 0 Å². The van der Waals surface area contributed by atoms with E-state index in [1.807, 2.05) is 18.2 Å². The molecule has 3 aliphatic rings. The van der Waals surface area contributed by atoms with Crippen LogP contribution in [-0.4, -0.2) is 50.1 Å². The van der Waals surface area contributed by atoms with Gasteiger partial charge in [0.25, 0.3) is 0 Å². The monoisotopic (exact) mass is 342 g/mol. The van der Waals surface area contributed by atoms with E-state index in [0.29, 0.717) is 6.04 Å². The number of anilines is 2. The number of hydrogen-bond donors (Lipinski definition) is 3. The standard InChI is InChI=1S/C20H30N4O/c1-24-12-6-15(7-13-24)22-17-4-2-3-5-18(17)23-19(25)16-14-20(16)8-10-21-11-9-20/h2-5,15-16,21-22H,6-14H2,1H3,(H,23,25). The second-order valence-electron chi connectivity index (χ2n) is 8.13. The molecule has 1 amide bonds. The molecule has 1 aromatic carbocycles. The van der Waals surface area contributed by atoms with Gasteiger partial charge in [0.1, 0.15) is 0 Å². The van der Waals surface area contributed by atoms with E-state index in [4.69, 9.17) is 0 Å².